The Morgan fingerprint density at radius 3 is 1.92 bits per heavy atom. The van der Waals surface area contributed by atoms with Crippen molar-refractivity contribution >= 4 is 47.4 Å². The maximum absolute atomic E-state index is 14.0. The standard InChI is InChI=1S/C40H61N11O12/c1-22(52)33(43)38(60)47-27(8-3-5-15-42)39(61)51-16-6-9-31(51)37(59)49-29(19-32(54)55)36(58)46-26(7-2-4-14-41)34(56)48-28(18-24-20-44-21-45-24)35(57)50-30(40(62)63)17-23-10-12-25(53)13-11-23/h10-13,20-22,26-31,33,52-53H,2-9,14-19,41-43H2,1H3,(H,44,45)(H,46,58)(H,47,60)(H,48,56)(H,49,59)(H,50,57)(H,54,55)(H,62,63)/t22-,26+,27+,28+,29+,30+,31+,33+/m1/s1. The molecule has 6 amide bonds. The van der Waals surface area contributed by atoms with E-state index in [4.69, 9.17) is 17.2 Å². The van der Waals surface area contributed by atoms with Crippen LogP contribution in [0.25, 0.3) is 0 Å². The van der Waals surface area contributed by atoms with Gasteiger partial charge in [0.05, 0.1) is 18.9 Å². The highest BCUT2D eigenvalue weighted by molar-refractivity contribution is 5.98. The molecule has 0 radical (unpaired) electrons. The van der Waals surface area contributed by atoms with Gasteiger partial charge in [-0.25, -0.2) is 9.78 Å². The molecule has 3 rings (SSSR count). The van der Waals surface area contributed by atoms with Crippen LogP contribution in [0.3, 0.4) is 0 Å². The molecule has 1 saturated heterocycles. The number of phenolic OH excluding ortho intramolecular Hbond substituents is 1. The average molecular weight is 888 g/mol. The third-order valence-corrected chi connectivity index (χ3v) is 10.4. The van der Waals surface area contributed by atoms with Crippen molar-refractivity contribution in [2.45, 2.75) is 126 Å². The molecule has 1 aromatic heterocycles. The van der Waals surface area contributed by atoms with Crippen LogP contribution in [0, 0.1) is 0 Å². The summed E-state index contributed by atoms with van der Waals surface area (Å²) in [5.41, 5.74) is 18.0. The predicted octanol–water partition coefficient (Wildman–Crippen LogP) is -3.16. The molecule has 8 atom stereocenters. The van der Waals surface area contributed by atoms with Gasteiger partial charge in [0.25, 0.3) is 0 Å². The van der Waals surface area contributed by atoms with Crippen LogP contribution in [0.5, 0.6) is 5.75 Å². The van der Waals surface area contributed by atoms with Gasteiger partial charge >= 0.3 is 11.9 Å². The quantitative estimate of drug-likeness (QED) is 0.0394. The molecule has 1 fully saturated rings. The smallest absolute Gasteiger partial charge is 0.326 e. The summed E-state index contributed by atoms with van der Waals surface area (Å²) in [7, 11) is 0. The van der Waals surface area contributed by atoms with Crippen LogP contribution in [-0.2, 0) is 51.2 Å². The number of benzene rings is 1. The first kappa shape index (κ1) is 51.2. The minimum Gasteiger partial charge on any atom is -0.508 e. The molecule has 63 heavy (non-hydrogen) atoms. The summed E-state index contributed by atoms with van der Waals surface area (Å²) >= 11 is 0. The van der Waals surface area contributed by atoms with Crippen LogP contribution in [0.15, 0.2) is 36.8 Å². The molecule has 2 aromatic rings. The lowest BCUT2D eigenvalue weighted by molar-refractivity contribution is -0.144. The number of nitrogens with two attached hydrogens (primary N) is 3. The van der Waals surface area contributed by atoms with E-state index in [1.54, 1.807) is 0 Å². The lowest BCUT2D eigenvalue weighted by Gasteiger charge is -2.30. The number of hydrogen-bond acceptors (Lipinski definition) is 14. The van der Waals surface area contributed by atoms with Crippen LogP contribution in [0.4, 0.5) is 0 Å². The van der Waals surface area contributed by atoms with Crippen LogP contribution in [-0.4, -0.2) is 151 Å². The number of amides is 6. The minimum absolute atomic E-state index is 0.0413. The van der Waals surface area contributed by atoms with Gasteiger partial charge in [-0.05, 0) is 89.1 Å². The van der Waals surface area contributed by atoms with Gasteiger partial charge in [-0.1, -0.05) is 12.1 Å². The van der Waals surface area contributed by atoms with E-state index in [-0.39, 0.29) is 50.9 Å². The topological polar surface area (TPSA) is 388 Å². The highest BCUT2D eigenvalue weighted by Crippen LogP contribution is 2.21. The number of unbranched alkanes of at least 4 members (excludes halogenated alkanes) is 2. The molecular formula is C40H61N11O12. The molecule has 23 nitrogen and oxygen atoms in total. The van der Waals surface area contributed by atoms with E-state index in [0.29, 0.717) is 49.9 Å². The Bertz CT molecular complexity index is 1850. The van der Waals surface area contributed by atoms with Gasteiger partial charge in [0.1, 0.15) is 48.0 Å². The molecule has 23 heteroatoms. The minimum atomic E-state index is -1.75. The number of H-pyrrole nitrogens is 1. The predicted molar refractivity (Wildman–Crippen MR) is 224 cm³/mol. The van der Waals surface area contributed by atoms with Gasteiger partial charge in [0, 0.05) is 31.3 Å². The summed E-state index contributed by atoms with van der Waals surface area (Å²) < 4.78 is 0. The summed E-state index contributed by atoms with van der Waals surface area (Å²) in [6.45, 7) is 1.95. The van der Waals surface area contributed by atoms with Crippen molar-refractivity contribution in [2.75, 3.05) is 19.6 Å². The van der Waals surface area contributed by atoms with E-state index in [1.807, 2.05) is 0 Å². The summed E-state index contributed by atoms with van der Waals surface area (Å²) in [6.07, 6.45) is 2.47. The average Bonchev–Trinajstić information content (AvgIpc) is 3.95. The van der Waals surface area contributed by atoms with E-state index in [2.05, 4.69) is 36.6 Å². The number of nitrogens with one attached hydrogen (secondary N) is 6. The Balaban J connectivity index is 1.82. The third kappa shape index (κ3) is 16.6. The molecule has 0 aliphatic carbocycles. The molecule has 16 N–H and O–H groups in total. The number of carboxylic acid groups (broad SMARTS) is 2. The molecule has 0 spiro atoms. The Labute approximate surface area is 363 Å². The van der Waals surface area contributed by atoms with Gasteiger partial charge in [0.2, 0.25) is 35.4 Å². The molecule has 2 heterocycles. The molecular weight excluding hydrogens is 827 g/mol. The monoisotopic (exact) mass is 887 g/mol. The normalized spacial score (nSPS) is 16.9. The Hall–Kier alpha value is -6.17. The van der Waals surface area contributed by atoms with Crippen molar-refractivity contribution in [3.8, 4) is 5.75 Å². The number of likely N-dealkylation sites (tertiary alicyclic amines) is 1. The number of imidazole rings is 1. The van der Waals surface area contributed by atoms with Crippen molar-refractivity contribution in [1.29, 1.82) is 0 Å². The van der Waals surface area contributed by atoms with E-state index in [1.165, 1.54) is 48.6 Å². The zero-order valence-corrected chi connectivity index (χ0v) is 35.2. The largest absolute Gasteiger partial charge is 0.508 e. The third-order valence-electron chi connectivity index (χ3n) is 10.4. The van der Waals surface area contributed by atoms with Crippen LogP contribution in [0.2, 0.25) is 0 Å². The number of carbonyl (C=O) groups excluding carboxylic acids is 6. The number of aliphatic hydroxyl groups excluding tert-OH is 1. The fourth-order valence-electron chi connectivity index (χ4n) is 6.86. The van der Waals surface area contributed by atoms with Crippen molar-refractivity contribution in [3.05, 3.63) is 48.0 Å². The number of rotatable bonds is 27. The Morgan fingerprint density at radius 2 is 1.35 bits per heavy atom. The summed E-state index contributed by atoms with van der Waals surface area (Å²) in [6, 6.07) is -3.98. The lowest BCUT2D eigenvalue weighted by atomic mass is 10.0. The number of hydrogen-bond donors (Lipinski definition) is 13. The molecule has 0 saturated carbocycles. The maximum atomic E-state index is 14.0. The van der Waals surface area contributed by atoms with Gasteiger partial charge in [-0.15, -0.1) is 0 Å². The van der Waals surface area contributed by atoms with Gasteiger partial charge in [-0.3, -0.25) is 33.6 Å². The molecule has 0 bridgehead atoms. The second-order valence-corrected chi connectivity index (χ2v) is 15.4. The zero-order chi connectivity index (χ0) is 46.6. The molecule has 348 valence electrons. The summed E-state index contributed by atoms with van der Waals surface area (Å²) in [5.74, 6) is -8.04. The van der Waals surface area contributed by atoms with E-state index in [0.717, 1.165) is 0 Å². The second-order valence-electron chi connectivity index (χ2n) is 15.4. The van der Waals surface area contributed by atoms with Crippen molar-refractivity contribution < 1.29 is 58.8 Å². The SMILES string of the molecule is C[C@@H](O)[C@H](N)C(=O)N[C@@H](CCCCN)C(=O)N1CCC[C@H]1C(=O)N[C@@H](CC(=O)O)C(=O)N[C@@H](CCCCN)C(=O)N[C@@H](Cc1cnc[nH]1)C(=O)N[C@@H](Cc1ccc(O)cc1)C(=O)O. The van der Waals surface area contributed by atoms with Crippen molar-refractivity contribution in [2.24, 2.45) is 17.2 Å². The first-order valence-electron chi connectivity index (χ1n) is 20.8. The number of aliphatic carboxylic acids is 2. The molecule has 1 aromatic carbocycles. The van der Waals surface area contributed by atoms with Gasteiger partial charge in [-0.2, -0.15) is 0 Å². The Morgan fingerprint density at radius 1 is 0.778 bits per heavy atom. The number of carbonyl (C=O) groups is 8. The number of aromatic nitrogens is 2. The van der Waals surface area contributed by atoms with Crippen LogP contribution in [0.1, 0.15) is 76.0 Å². The number of nitrogens with zero attached hydrogens (tertiary/aromatic N) is 2. The number of aliphatic hydroxyl groups is 1. The first-order chi connectivity index (χ1) is 29.9. The highest BCUT2D eigenvalue weighted by atomic mass is 16.4. The van der Waals surface area contributed by atoms with E-state index < -0.39 is 102 Å². The van der Waals surface area contributed by atoms with Crippen LogP contribution < -0.4 is 43.8 Å². The fourth-order valence-corrected chi connectivity index (χ4v) is 6.86. The van der Waals surface area contributed by atoms with Gasteiger partial charge in [0.15, 0.2) is 0 Å². The summed E-state index contributed by atoms with van der Waals surface area (Å²) in [5, 5.41) is 51.6. The zero-order valence-electron chi connectivity index (χ0n) is 35.2. The van der Waals surface area contributed by atoms with Crippen LogP contribution >= 0.6 is 0 Å². The first-order valence-corrected chi connectivity index (χ1v) is 20.8. The molecule has 1 aliphatic rings. The Kier molecular flexibility index (Phi) is 20.9. The molecule has 0 unspecified atom stereocenters. The number of carboxylic acids is 2. The number of aromatic amines is 1. The number of phenols is 1. The van der Waals surface area contributed by atoms with Crippen molar-refractivity contribution in [1.82, 2.24) is 41.5 Å². The lowest BCUT2D eigenvalue weighted by Crippen LogP contribution is -2.60. The van der Waals surface area contributed by atoms with E-state index in [9.17, 15) is 58.8 Å². The van der Waals surface area contributed by atoms with E-state index >= 15 is 0 Å². The van der Waals surface area contributed by atoms with Gasteiger partial charge < -0.3 is 74.1 Å². The maximum Gasteiger partial charge on any atom is 0.326 e. The fraction of sp³-hybridized carbons (Fsp3) is 0.575. The second kappa shape index (κ2) is 25.7. The molecule has 1 aliphatic heterocycles. The highest BCUT2D eigenvalue weighted by Gasteiger charge is 2.40. The summed E-state index contributed by atoms with van der Waals surface area (Å²) in [4.78, 5) is 114. The number of aromatic hydroxyl groups is 1. The van der Waals surface area contributed by atoms with Crippen molar-refractivity contribution in [3.63, 3.8) is 0 Å².